The summed E-state index contributed by atoms with van der Waals surface area (Å²) >= 11 is 0.763. The fraction of sp³-hybridized carbons (Fsp3) is 0.125. The van der Waals surface area contributed by atoms with Crippen molar-refractivity contribution in [3.63, 3.8) is 0 Å². The molecule has 2 N–H and O–H groups in total. The number of ether oxygens (including phenoxy) is 2. The number of nitrogen functional groups attached to an aromatic ring is 1. The zero-order valence-corrected chi connectivity index (χ0v) is 18.8. The van der Waals surface area contributed by atoms with Crippen molar-refractivity contribution in [3.8, 4) is 0 Å². The van der Waals surface area contributed by atoms with Crippen molar-refractivity contribution in [2.75, 3.05) is 20.0 Å². The lowest BCUT2D eigenvalue weighted by Gasteiger charge is -2.23. The van der Waals surface area contributed by atoms with E-state index in [1.54, 1.807) is 12.1 Å². The number of fused-ring (bicyclic) bond motifs is 1. The number of rotatable bonds is 4. The Labute approximate surface area is 196 Å². The number of benzene rings is 2. The number of nitrogens with zero attached hydrogens (tertiary/aromatic N) is 1. The van der Waals surface area contributed by atoms with Gasteiger partial charge in [0, 0.05) is 16.3 Å². The van der Waals surface area contributed by atoms with Gasteiger partial charge in [-0.25, -0.2) is 18.4 Å². The van der Waals surface area contributed by atoms with Crippen LogP contribution in [-0.2, 0) is 14.3 Å². The smallest absolute Gasteiger partial charge is 0.357 e. The topological polar surface area (TPSA) is 101 Å². The van der Waals surface area contributed by atoms with Crippen LogP contribution in [0.2, 0.25) is 0 Å². The van der Waals surface area contributed by atoms with Crippen LogP contribution < -0.4 is 16.3 Å². The molecule has 0 amide bonds. The minimum Gasteiger partial charge on any atom is -0.465 e. The molecule has 174 valence electrons. The second kappa shape index (κ2) is 9.14. The standard InChI is InChI=1S/C24H18F2N2O5S/c1-32-23(30)19-17(27)14(11-12-7-3-5-9-15(12)25)18-21(24(31)33-2)34-20(22(29)28(18)19)13-8-4-6-10-16(13)26/h3-11,20H,27H2,1-2H3/b14-11+/t20-/m1/s1. The molecule has 0 saturated carbocycles. The van der Waals surface area contributed by atoms with Gasteiger partial charge in [0.1, 0.15) is 21.8 Å². The largest absolute Gasteiger partial charge is 0.465 e. The molecule has 0 saturated heterocycles. The Morgan fingerprint density at radius 3 is 2.24 bits per heavy atom. The number of esters is 2. The van der Waals surface area contributed by atoms with Crippen LogP contribution in [0.3, 0.4) is 0 Å². The van der Waals surface area contributed by atoms with Crippen molar-refractivity contribution in [1.29, 1.82) is 0 Å². The van der Waals surface area contributed by atoms with Gasteiger partial charge in [0.05, 0.1) is 25.3 Å². The lowest BCUT2D eigenvalue weighted by molar-refractivity contribution is -0.133. The van der Waals surface area contributed by atoms with Crippen molar-refractivity contribution in [1.82, 2.24) is 4.57 Å². The molecule has 0 bridgehead atoms. The highest BCUT2D eigenvalue weighted by Crippen LogP contribution is 2.40. The Hall–Kier alpha value is -3.92. The molecule has 0 spiro atoms. The van der Waals surface area contributed by atoms with Gasteiger partial charge in [-0.1, -0.05) is 48.2 Å². The second-order valence-corrected chi connectivity index (χ2v) is 8.31. The zero-order valence-electron chi connectivity index (χ0n) is 18.0. The van der Waals surface area contributed by atoms with Crippen LogP contribution in [0.15, 0.2) is 48.5 Å². The fourth-order valence-corrected chi connectivity index (χ4v) is 4.96. The normalized spacial score (nSPS) is 15.8. The first-order chi connectivity index (χ1) is 16.3. The molecule has 1 atom stereocenters. The van der Waals surface area contributed by atoms with E-state index in [9.17, 15) is 23.2 Å². The number of aromatic nitrogens is 1. The molecular weight excluding hydrogens is 466 g/mol. The van der Waals surface area contributed by atoms with Gasteiger partial charge in [-0.15, -0.1) is 0 Å². The number of methoxy groups -OCH3 is 2. The summed E-state index contributed by atoms with van der Waals surface area (Å²) in [6.45, 7) is 0. The Morgan fingerprint density at radius 2 is 1.62 bits per heavy atom. The number of carbonyl (C=O) groups excluding carboxylic acids is 3. The van der Waals surface area contributed by atoms with Gasteiger partial charge in [-0.05, 0) is 18.2 Å². The van der Waals surface area contributed by atoms with Crippen LogP contribution in [0.4, 0.5) is 14.5 Å². The summed E-state index contributed by atoms with van der Waals surface area (Å²) in [5.41, 5.74) is 5.82. The van der Waals surface area contributed by atoms with Crippen LogP contribution in [0.1, 0.15) is 31.7 Å². The second-order valence-electron chi connectivity index (χ2n) is 7.20. The number of anilines is 1. The predicted octanol–water partition coefficient (Wildman–Crippen LogP) is 2.37. The van der Waals surface area contributed by atoms with Gasteiger partial charge < -0.3 is 15.2 Å². The van der Waals surface area contributed by atoms with Crippen molar-refractivity contribution in [2.24, 2.45) is 0 Å². The lowest BCUT2D eigenvalue weighted by Crippen LogP contribution is -2.42. The summed E-state index contributed by atoms with van der Waals surface area (Å²) < 4.78 is 39.7. The highest BCUT2D eigenvalue weighted by atomic mass is 32.2. The fourth-order valence-electron chi connectivity index (χ4n) is 3.71. The molecule has 0 unspecified atom stereocenters. The van der Waals surface area contributed by atoms with Crippen molar-refractivity contribution >= 4 is 46.3 Å². The average molecular weight is 484 g/mol. The third-order valence-electron chi connectivity index (χ3n) is 5.29. The van der Waals surface area contributed by atoms with Crippen LogP contribution in [0.25, 0.3) is 11.0 Å². The van der Waals surface area contributed by atoms with Gasteiger partial charge in [0.25, 0.3) is 0 Å². The molecule has 10 heteroatoms. The molecule has 0 radical (unpaired) electrons. The van der Waals surface area contributed by atoms with E-state index in [4.69, 9.17) is 15.2 Å². The maximum atomic E-state index is 14.6. The van der Waals surface area contributed by atoms with Gasteiger partial charge in [0.15, 0.2) is 5.69 Å². The first-order valence-electron chi connectivity index (χ1n) is 9.92. The van der Waals surface area contributed by atoms with Gasteiger partial charge in [-0.2, -0.15) is 0 Å². The molecule has 1 aliphatic heterocycles. The van der Waals surface area contributed by atoms with Crippen LogP contribution in [0, 0.1) is 11.6 Å². The zero-order chi connectivity index (χ0) is 24.6. The van der Waals surface area contributed by atoms with E-state index in [2.05, 4.69) is 0 Å². The summed E-state index contributed by atoms with van der Waals surface area (Å²) in [6.07, 6.45) is 1.32. The number of carbonyl (C=O) groups is 3. The highest BCUT2D eigenvalue weighted by Gasteiger charge is 2.39. The molecule has 7 nitrogen and oxygen atoms in total. The molecule has 0 fully saturated rings. The number of hydrogen-bond donors (Lipinski definition) is 1. The monoisotopic (exact) mass is 484 g/mol. The van der Waals surface area contributed by atoms with E-state index in [1.165, 1.54) is 42.5 Å². The van der Waals surface area contributed by atoms with E-state index >= 15 is 0 Å². The van der Waals surface area contributed by atoms with Gasteiger partial charge in [-0.3, -0.25) is 9.36 Å². The van der Waals surface area contributed by atoms with Crippen molar-refractivity contribution in [2.45, 2.75) is 5.25 Å². The van der Waals surface area contributed by atoms with Gasteiger partial charge >= 0.3 is 11.9 Å². The molecule has 1 aromatic heterocycles. The van der Waals surface area contributed by atoms with E-state index in [0.717, 1.165) is 30.5 Å². The Bertz CT molecular complexity index is 1460. The number of nitrogens with two attached hydrogens (primary N) is 1. The van der Waals surface area contributed by atoms with E-state index in [1.807, 2.05) is 0 Å². The minimum absolute atomic E-state index is 0.00673. The highest BCUT2D eigenvalue weighted by molar-refractivity contribution is 8.10. The lowest BCUT2D eigenvalue weighted by atomic mass is 10.1. The summed E-state index contributed by atoms with van der Waals surface area (Å²) in [5, 5.41) is -1.23. The SMILES string of the molecule is COC(=O)C1=c2/c(=C/c3ccccc3F)c(N)c(C(=O)OC)n2C(=O)[C@@H](c2ccccc2F)S1. The minimum atomic E-state index is -1.22. The summed E-state index contributed by atoms with van der Waals surface area (Å²) in [4.78, 5) is 39.0. The Morgan fingerprint density at radius 1 is 1.00 bits per heavy atom. The molecule has 0 aliphatic carbocycles. The summed E-state index contributed by atoms with van der Waals surface area (Å²) in [6, 6.07) is 11.4. The first-order valence-corrected chi connectivity index (χ1v) is 10.8. The predicted molar refractivity (Wildman–Crippen MR) is 122 cm³/mol. The quantitative estimate of drug-likeness (QED) is 0.568. The molecule has 2 aromatic carbocycles. The maximum absolute atomic E-state index is 14.6. The van der Waals surface area contributed by atoms with Crippen molar-refractivity contribution in [3.05, 3.63) is 87.6 Å². The van der Waals surface area contributed by atoms with Crippen LogP contribution in [0.5, 0.6) is 0 Å². The Balaban J connectivity index is 2.15. The van der Waals surface area contributed by atoms with Crippen LogP contribution >= 0.6 is 11.8 Å². The van der Waals surface area contributed by atoms with Crippen LogP contribution in [-0.4, -0.2) is 36.6 Å². The number of halogens is 2. The van der Waals surface area contributed by atoms with Gasteiger partial charge in [0.2, 0.25) is 5.91 Å². The van der Waals surface area contributed by atoms with Crippen molar-refractivity contribution < 1.29 is 32.6 Å². The molecule has 2 heterocycles. The molecule has 34 heavy (non-hydrogen) atoms. The molecule has 4 rings (SSSR count). The number of thioether (sulfide) groups is 1. The Kier molecular flexibility index (Phi) is 6.25. The average Bonchev–Trinajstić information content (AvgIpc) is 3.13. The number of hydrogen-bond acceptors (Lipinski definition) is 7. The first kappa shape index (κ1) is 23.2. The molecule has 3 aromatic rings. The summed E-state index contributed by atoms with van der Waals surface area (Å²) in [7, 11) is 2.24. The summed E-state index contributed by atoms with van der Waals surface area (Å²) in [5.74, 6) is -3.77. The third-order valence-corrected chi connectivity index (χ3v) is 6.57. The van der Waals surface area contributed by atoms with E-state index in [-0.39, 0.29) is 38.0 Å². The van der Waals surface area contributed by atoms with E-state index < -0.39 is 34.7 Å². The van der Waals surface area contributed by atoms with E-state index in [0.29, 0.717) is 0 Å². The molecule has 1 aliphatic rings. The third kappa shape index (κ3) is 3.75. The maximum Gasteiger partial charge on any atom is 0.357 e. The molecular formula is C24H18F2N2O5S.